The Labute approximate surface area is 95.3 Å². The van der Waals surface area contributed by atoms with Crippen LogP contribution < -0.4 is 5.32 Å². The third-order valence-corrected chi connectivity index (χ3v) is 3.12. The minimum absolute atomic E-state index is 0.306. The first kappa shape index (κ1) is 12.8. The molecule has 15 heavy (non-hydrogen) atoms. The molecule has 1 heterocycles. The quantitative estimate of drug-likeness (QED) is 0.687. The van der Waals surface area contributed by atoms with E-state index in [9.17, 15) is 0 Å². The topological polar surface area (TPSA) is 12.0 Å². The maximum absolute atomic E-state index is 3.38. The zero-order valence-electron chi connectivity index (χ0n) is 11.2. The Bertz CT molecular complexity index is 223. The number of allylic oxidation sites excluding steroid dienone is 2. The summed E-state index contributed by atoms with van der Waals surface area (Å²) in [5, 5.41) is 3.38. The second kappa shape index (κ2) is 4.29. The number of hydrogen-bond acceptors (Lipinski definition) is 1. The van der Waals surface area contributed by atoms with Gasteiger partial charge in [0, 0.05) is 0 Å². The summed E-state index contributed by atoms with van der Waals surface area (Å²) in [6.07, 6.45) is 4.83. The van der Waals surface area contributed by atoms with Gasteiger partial charge in [0.05, 0.1) is 0 Å². The van der Waals surface area contributed by atoms with Crippen molar-refractivity contribution in [2.45, 2.75) is 41.5 Å². The van der Waals surface area contributed by atoms with E-state index in [1.54, 1.807) is 0 Å². The second-order valence-electron chi connectivity index (χ2n) is 7.04. The molecule has 0 aliphatic carbocycles. The van der Waals surface area contributed by atoms with Crippen LogP contribution in [0.25, 0.3) is 0 Å². The molecule has 0 bridgehead atoms. The minimum atomic E-state index is 0.306. The molecule has 0 radical (unpaired) electrons. The van der Waals surface area contributed by atoms with Crippen molar-refractivity contribution in [3.8, 4) is 0 Å². The Balaban J connectivity index is 2.69. The third kappa shape index (κ3) is 3.98. The fourth-order valence-corrected chi connectivity index (χ4v) is 2.11. The van der Waals surface area contributed by atoms with E-state index in [0.29, 0.717) is 16.7 Å². The van der Waals surface area contributed by atoms with Crippen molar-refractivity contribution >= 4 is 0 Å². The Morgan fingerprint density at radius 1 is 1.07 bits per heavy atom. The van der Waals surface area contributed by atoms with Crippen LogP contribution in [0.1, 0.15) is 41.5 Å². The lowest BCUT2D eigenvalue weighted by molar-refractivity contribution is 0.155. The second-order valence-corrected chi connectivity index (χ2v) is 7.04. The van der Waals surface area contributed by atoms with E-state index >= 15 is 0 Å². The summed E-state index contributed by atoms with van der Waals surface area (Å²) in [4.78, 5) is 0. The Hall–Kier alpha value is -0.300. The van der Waals surface area contributed by atoms with E-state index in [1.807, 2.05) is 0 Å². The summed E-state index contributed by atoms with van der Waals surface area (Å²) in [6, 6.07) is 0. The highest BCUT2D eigenvalue weighted by atomic mass is 15.0. The van der Waals surface area contributed by atoms with E-state index in [1.165, 1.54) is 13.1 Å². The van der Waals surface area contributed by atoms with Crippen LogP contribution in [-0.2, 0) is 0 Å². The molecule has 0 aromatic carbocycles. The van der Waals surface area contributed by atoms with Gasteiger partial charge in [-0.1, -0.05) is 53.7 Å². The molecule has 88 valence electrons. The molecule has 0 spiro atoms. The van der Waals surface area contributed by atoms with Gasteiger partial charge in [-0.15, -0.1) is 0 Å². The van der Waals surface area contributed by atoms with Gasteiger partial charge in [-0.05, 0) is 35.8 Å². The van der Waals surface area contributed by atoms with Crippen LogP contribution in [0.2, 0.25) is 0 Å². The zero-order valence-corrected chi connectivity index (χ0v) is 11.2. The van der Waals surface area contributed by atoms with E-state index in [2.05, 4.69) is 59.0 Å². The number of nitrogens with one attached hydrogen (secondary N) is 1. The van der Waals surface area contributed by atoms with E-state index < -0.39 is 0 Å². The summed E-state index contributed by atoms with van der Waals surface area (Å²) in [7, 11) is 0. The molecule has 0 saturated carbocycles. The van der Waals surface area contributed by atoms with Crippen LogP contribution in [0.3, 0.4) is 0 Å². The van der Waals surface area contributed by atoms with Gasteiger partial charge in [-0.25, -0.2) is 0 Å². The summed E-state index contributed by atoms with van der Waals surface area (Å²) >= 11 is 0. The summed E-state index contributed by atoms with van der Waals surface area (Å²) < 4.78 is 0. The van der Waals surface area contributed by atoms with Gasteiger partial charge in [-0.3, -0.25) is 0 Å². The number of hydrogen-bond donors (Lipinski definition) is 1. The highest BCUT2D eigenvalue weighted by Crippen LogP contribution is 2.36. The summed E-state index contributed by atoms with van der Waals surface area (Å²) in [5.74, 6) is 1.54. The zero-order chi connectivity index (χ0) is 11.7. The van der Waals surface area contributed by atoms with Crippen molar-refractivity contribution in [1.82, 2.24) is 5.32 Å². The molecule has 0 aromatic rings. The molecule has 1 fully saturated rings. The van der Waals surface area contributed by atoms with E-state index in [0.717, 1.165) is 5.92 Å². The van der Waals surface area contributed by atoms with Crippen molar-refractivity contribution in [3.63, 3.8) is 0 Å². The average molecular weight is 209 g/mol. The predicted molar refractivity (Wildman–Crippen MR) is 67.9 cm³/mol. The molecular weight excluding hydrogens is 182 g/mol. The summed E-state index contributed by atoms with van der Waals surface area (Å²) in [6.45, 7) is 16.2. The lowest BCUT2D eigenvalue weighted by Gasteiger charge is -2.41. The molecule has 0 amide bonds. The van der Waals surface area contributed by atoms with Gasteiger partial charge in [0.25, 0.3) is 0 Å². The lowest BCUT2D eigenvalue weighted by atomic mass is 9.70. The van der Waals surface area contributed by atoms with Crippen LogP contribution in [0.4, 0.5) is 0 Å². The number of rotatable bonds is 2. The average Bonchev–Trinajstić information content (AvgIpc) is 1.88. The van der Waals surface area contributed by atoms with Crippen molar-refractivity contribution in [2.75, 3.05) is 13.1 Å². The molecular formula is C14H27N. The molecule has 1 saturated heterocycles. The standard InChI is InChI=1S/C14H27N/c1-13(2,3)8-7-12(14(4,5)6)11-9-15-10-11/h7-8,11-12,15H,9-10H2,1-6H3/b8-7+. The Kier molecular flexibility index (Phi) is 3.65. The van der Waals surface area contributed by atoms with Crippen molar-refractivity contribution in [2.24, 2.45) is 22.7 Å². The summed E-state index contributed by atoms with van der Waals surface area (Å²) in [5.41, 5.74) is 0.690. The molecule has 1 aliphatic rings. The molecule has 1 unspecified atom stereocenters. The fraction of sp³-hybridized carbons (Fsp3) is 0.857. The monoisotopic (exact) mass is 209 g/mol. The van der Waals surface area contributed by atoms with Crippen LogP contribution in [-0.4, -0.2) is 13.1 Å². The van der Waals surface area contributed by atoms with Crippen LogP contribution in [0.15, 0.2) is 12.2 Å². The van der Waals surface area contributed by atoms with E-state index in [-0.39, 0.29) is 0 Å². The minimum Gasteiger partial charge on any atom is -0.316 e. The SMILES string of the molecule is CC(C)(C)/C=C/C(C1CNC1)C(C)(C)C. The van der Waals surface area contributed by atoms with Crippen molar-refractivity contribution in [3.05, 3.63) is 12.2 Å². The highest BCUT2D eigenvalue weighted by Gasteiger charge is 2.33. The Morgan fingerprint density at radius 3 is 1.87 bits per heavy atom. The maximum Gasteiger partial charge on any atom is -0.000240 e. The first-order valence-corrected chi connectivity index (χ1v) is 6.10. The molecule has 1 heteroatoms. The van der Waals surface area contributed by atoms with Crippen LogP contribution in [0, 0.1) is 22.7 Å². The molecule has 1 nitrogen and oxygen atoms in total. The molecule has 1 N–H and O–H groups in total. The largest absolute Gasteiger partial charge is 0.316 e. The Morgan fingerprint density at radius 2 is 1.60 bits per heavy atom. The normalized spacial score (nSPS) is 21.7. The molecule has 0 aromatic heterocycles. The van der Waals surface area contributed by atoms with Gasteiger partial charge >= 0.3 is 0 Å². The predicted octanol–water partition coefficient (Wildman–Crippen LogP) is 3.47. The first-order chi connectivity index (χ1) is 6.70. The maximum atomic E-state index is 3.38. The van der Waals surface area contributed by atoms with Crippen LogP contribution in [0.5, 0.6) is 0 Å². The molecule has 1 rings (SSSR count). The fourth-order valence-electron chi connectivity index (χ4n) is 2.11. The van der Waals surface area contributed by atoms with Gasteiger partial charge in [-0.2, -0.15) is 0 Å². The van der Waals surface area contributed by atoms with E-state index in [4.69, 9.17) is 0 Å². The smallest absolute Gasteiger partial charge is 0.000240 e. The third-order valence-electron chi connectivity index (χ3n) is 3.12. The first-order valence-electron chi connectivity index (χ1n) is 6.10. The highest BCUT2D eigenvalue weighted by molar-refractivity contribution is 5.03. The van der Waals surface area contributed by atoms with Gasteiger partial charge in [0.2, 0.25) is 0 Å². The van der Waals surface area contributed by atoms with Crippen molar-refractivity contribution in [1.29, 1.82) is 0 Å². The lowest BCUT2D eigenvalue weighted by Crippen LogP contribution is -2.48. The van der Waals surface area contributed by atoms with Gasteiger partial charge in [0.1, 0.15) is 0 Å². The van der Waals surface area contributed by atoms with Crippen LogP contribution >= 0.6 is 0 Å². The molecule has 1 atom stereocenters. The van der Waals surface area contributed by atoms with Gasteiger partial charge < -0.3 is 5.32 Å². The van der Waals surface area contributed by atoms with Gasteiger partial charge in [0.15, 0.2) is 0 Å². The van der Waals surface area contributed by atoms with Crippen molar-refractivity contribution < 1.29 is 0 Å². The molecule has 1 aliphatic heterocycles.